The van der Waals surface area contributed by atoms with Crippen LogP contribution in [0.4, 0.5) is 0 Å². The summed E-state index contributed by atoms with van der Waals surface area (Å²) in [5.41, 5.74) is 0. The average molecular weight is 220 g/mol. The van der Waals surface area contributed by atoms with Crippen LogP contribution in [0.15, 0.2) is 0 Å². The van der Waals surface area contributed by atoms with E-state index in [0.717, 1.165) is 37.2 Å². The van der Waals surface area contributed by atoms with Crippen LogP contribution in [0.3, 0.4) is 0 Å². The van der Waals surface area contributed by atoms with Gasteiger partial charge in [0.05, 0.1) is 0 Å². The van der Waals surface area contributed by atoms with Crippen molar-refractivity contribution in [3.05, 3.63) is 0 Å². The Kier molecular flexibility index (Phi) is 4.46. The molecule has 76 valence electrons. The molecule has 1 saturated heterocycles. The zero-order valence-corrected chi connectivity index (χ0v) is 9.55. The molecule has 0 aromatic rings. The number of carbonyl (C=O) groups is 1. The quantitative estimate of drug-likeness (QED) is 0.722. The smallest absolute Gasteiger partial charge is 0.319 e. The van der Waals surface area contributed by atoms with Gasteiger partial charge in [0, 0.05) is 0 Å². The van der Waals surface area contributed by atoms with E-state index in [1.807, 2.05) is 0 Å². The Bertz CT molecular complexity index is 176. The average Bonchev–Trinajstić information content (AvgIpc) is 2.55. The van der Waals surface area contributed by atoms with Crippen LogP contribution in [-0.2, 0) is 4.79 Å². The van der Waals surface area contributed by atoms with Crippen LogP contribution in [-0.4, -0.2) is 33.6 Å². The summed E-state index contributed by atoms with van der Waals surface area (Å²) in [6.07, 6.45) is 5.86. The Morgan fingerprint density at radius 2 is 2.46 bits per heavy atom. The molecule has 0 aromatic carbocycles. The molecule has 4 heteroatoms. The molecule has 0 amide bonds. The van der Waals surface area contributed by atoms with Crippen molar-refractivity contribution in [3.8, 4) is 0 Å². The summed E-state index contributed by atoms with van der Waals surface area (Å²) in [5, 5.41) is 9.14. The number of carboxylic acid groups (broad SMARTS) is 1. The second-order valence-electron chi connectivity index (χ2n) is 3.35. The summed E-state index contributed by atoms with van der Waals surface area (Å²) in [5.74, 6) is 1.50. The molecule has 0 bridgehead atoms. The molecule has 13 heavy (non-hydrogen) atoms. The zero-order valence-electron chi connectivity index (χ0n) is 7.91. The minimum Gasteiger partial charge on any atom is -0.480 e. The van der Waals surface area contributed by atoms with Crippen molar-refractivity contribution < 1.29 is 9.90 Å². The van der Waals surface area contributed by atoms with E-state index in [2.05, 4.69) is 6.26 Å². The van der Waals surface area contributed by atoms with Gasteiger partial charge in [-0.15, -0.1) is 11.8 Å². The van der Waals surface area contributed by atoms with Gasteiger partial charge < -0.3 is 5.11 Å². The van der Waals surface area contributed by atoms with Gasteiger partial charge in [-0.05, 0) is 43.4 Å². The fourth-order valence-electron chi connectivity index (χ4n) is 1.67. The van der Waals surface area contributed by atoms with Gasteiger partial charge in [-0.2, -0.15) is 11.8 Å². The lowest BCUT2D eigenvalue weighted by atomic mass is 9.98. The first-order valence-corrected chi connectivity index (χ1v) is 6.95. The Morgan fingerprint density at radius 3 is 2.92 bits per heavy atom. The summed E-state index contributed by atoms with van der Waals surface area (Å²) in [6.45, 7) is 0. The van der Waals surface area contributed by atoms with Crippen LogP contribution >= 0.6 is 23.5 Å². The van der Waals surface area contributed by atoms with Crippen molar-refractivity contribution in [1.29, 1.82) is 0 Å². The summed E-state index contributed by atoms with van der Waals surface area (Å²) < 4.78 is -0.435. The topological polar surface area (TPSA) is 37.3 Å². The number of rotatable bonds is 5. The molecule has 1 unspecified atom stereocenters. The monoisotopic (exact) mass is 220 g/mol. The molecule has 1 N–H and O–H groups in total. The molecule has 1 fully saturated rings. The fraction of sp³-hybridized carbons (Fsp3) is 0.889. The molecule has 0 spiro atoms. The van der Waals surface area contributed by atoms with Crippen LogP contribution < -0.4 is 0 Å². The van der Waals surface area contributed by atoms with Crippen LogP contribution in [0.2, 0.25) is 0 Å². The molecule has 0 aliphatic carbocycles. The Balaban J connectivity index is 2.43. The van der Waals surface area contributed by atoms with Gasteiger partial charge in [-0.3, -0.25) is 4.79 Å². The number of carboxylic acids is 1. The van der Waals surface area contributed by atoms with Crippen molar-refractivity contribution in [2.75, 3.05) is 17.8 Å². The van der Waals surface area contributed by atoms with Crippen LogP contribution in [0.5, 0.6) is 0 Å². The van der Waals surface area contributed by atoms with Gasteiger partial charge in [0.1, 0.15) is 4.75 Å². The first kappa shape index (κ1) is 11.2. The van der Waals surface area contributed by atoms with E-state index in [4.69, 9.17) is 5.11 Å². The Morgan fingerprint density at radius 1 is 1.69 bits per heavy atom. The first-order valence-electron chi connectivity index (χ1n) is 4.57. The van der Waals surface area contributed by atoms with Gasteiger partial charge in [0.2, 0.25) is 0 Å². The Hall–Kier alpha value is 0.170. The molecule has 1 aliphatic rings. The highest BCUT2D eigenvalue weighted by atomic mass is 32.2. The summed E-state index contributed by atoms with van der Waals surface area (Å²) >= 11 is 3.43. The summed E-state index contributed by atoms with van der Waals surface area (Å²) in [6, 6.07) is 0. The lowest BCUT2D eigenvalue weighted by Gasteiger charge is -2.22. The molecule has 0 saturated carbocycles. The van der Waals surface area contributed by atoms with Crippen LogP contribution in [0.1, 0.15) is 25.7 Å². The second kappa shape index (κ2) is 5.15. The van der Waals surface area contributed by atoms with E-state index in [1.165, 1.54) is 0 Å². The number of hydrogen-bond acceptors (Lipinski definition) is 3. The maximum Gasteiger partial charge on any atom is 0.319 e. The van der Waals surface area contributed by atoms with E-state index in [1.54, 1.807) is 23.5 Å². The second-order valence-corrected chi connectivity index (χ2v) is 5.81. The maximum atomic E-state index is 11.1. The highest BCUT2D eigenvalue weighted by Crippen LogP contribution is 2.42. The third-order valence-corrected chi connectivity index (χ3v) is 4.75. The molecule has 1 atom stereocenters. The number of aliphatic carboxylic acids is 1. The highest BCUT2D eigenvalue weighted by Gasteiger charge is 2.41. The molecule has 1 rings (SSSR count). The summed E-state index contributed by atoms with van der Waals surface area (Å²) in [7, 11) is 0. The normalized spacial score (nSPS) is 27.8. The maximum absolute atomic E-state index is 11.1. The van der Waals surface area contributed by atoms with E-state index in [9.17, 15) is 4.79 Å². The molecule has 2 nitrogen and oxygen atoms in total. The first-order chi connectivity index (χ1) is 6.21. The minimum absolute atomic E-state index is 0.435. The third kappa shape index (κ3) is 2.81. The van der Waals surface area contributed by atoms with E-state index in [-0.39, 0.29) is 0 Å². The van der Waals surface area contributed by atoms with Gasteiger partial charge in [-0.25, -0.2) is 0 Å². The fourth-order valence-corrected chi connectivity index (χ4v) is 3.49. The number of hydrogen-bond donors (Lipinski definition) is 1. The predicted molar refractivity (Wildman–Crippen MR) is 59.7 cm³/mol. The minimum atomic E-state index is -0.601. The molecular formula is C9H16O2S2. The molecule has 1 heterocycles. The highest BCUT2D eigenvalue weighted by molar-refractivity contribution is 8.01. The third-order valence-electron chi connectivity index (χ3n) is 2.42. The van der Waals surface area contributed by atoms with Crippen molar-refractivity contribution in [3.63, 3.8) is 0 Å². The largest absolute Gasteiger partial charge is 0.480 e. The van der Waals surface area contributed by atoms with E-state index < -0.39 is 10.7 Å². The van der Waals surface area contributed by atoms with E-state index >= 15 is 0 Å². The van der Waals surface area contributed by atoms with Gasteiger partial charge in [0.25, 0.3) is 0 Å². The number of thioether (sulfide) groups is 2. The van der Waals surface area contributed by atoms with Gasteiger partial charge in [0.15, 0.2) is 0 Å². The van der Waals surface area contributed by atoms with Crippen molar-refractivity contribution in [2.24, 2.45) is 0 Å². The standard InChI is InChI=1S/C9H16O2S2/c1-12-6-2-4-9(8(10)11)5-3-7-13-9/h2-7H2,1H3,(H,10,11). The van der Waals surface area contributed by atoms with Gasteiger partial charge in [-0.1, -0.05) is 0 Å². The molecule has 0 radical (unpaired) electrons. The SMILES string of the molecule is CSCCCC1(C(=O)O)CCCS1. The van der Waals surface area contributed by atoms with Crippen molar-refractivity contribution in [1.82, 2.24) is 0 Å². The molecule has 0 aromatic heterocycles. The molecular weight excluding hydrogens is 204 g/mol. The van der Waals surface area contributed by atoms with Crippen LogP contribution in [0.25, 0.3) is 0 Å². The van der Waals surface area contributed by atoms with Crippen molar-refractivity contribution >= 4 is 29.5 Å². The van der Waals surface area contributed by atoms with Gasteiger partial charge >= 0.3 is 5.97 Å². The van der Waals surface area contributed by atoms with Crippen LogP contribution in [0, 0.1) is 0 Å². The predicted octanol–water partition coefficient (Wildman–Crippen LogP) is 2.48. The lowest BCUT2D eigenvalue weighted by molar-refractivity contribution is -0.140. The Labute approximate surface area is 87.9 Å². The van der Waals surface area contributed by atoms with Crippen molar-refractivity contribution in [2.45, 2.75) is 30.4 Å². The zero-order chi connectivity index (χ0) is 9.73. The summed E-state index contributed by atoms with van der Waals surface area (Å²) in [4.78, 5) is 11.1. The lowest BCUT2D eigenvalue weighted by Crippen LogP contribution is -2.32. The van der Waals surface area contributed by atoms with E-state index in [0.29, 0.717) is 0 Å². The molecule has 1 aliphatic heterocycles.